The molecule has 0 spiro atoms. The van der Waals surface area contributed by atoms with Gasteiger partial charge in [0.1, 0.15) is 6.04 Å². The fraction of sp³-hybridized carbons (Fsp3) is 0.400. The van der Waals surface area contributed by atoms with Crippen LogP contribution in [0.25, 0.3) is 0 Å². The maximum Gasteiger partial charge on any atom is 0.194 e. The van der Waals surface area contributed by atoms with Gasteiger partial charge in [-0.25, -0.2) is 4.99 Å². The first kappa shape index (κ1) is 19.4. The summed E-state index contributed by atoms with van der Waals surface area (Å²) in [6, 6.07) is 5.14. The van der Waals surface area contributed by atoms with Gasteiger partial charge >= 0.3 is 0 Å². The lowest BCUT2D eigenvalue weighted by molar-refractivity contribution is 0.355. The number of nitrogens with one attached hydrogen (secondary N) is 1. The molecule has 0 aliphatic carbocycles. The first-order valence-electron chi connectivity index (χ1n) is 6.30. The van der Waals surface area contributed by atoms with Gasteiger partial charge < -0.3 is 20.5 Å². The first-order valence-corrected chi connectivity index (χ1v) is 6.30. The summed E-state index contributed by atoms with van der Waals surface area (Å²) in [6.07, 6.45) is 5.42. The van der Waals surface area contributed by atoms with Crippen LogP contribution in [0.1, 0.15) is 13.8 Å². The summed E-state index contributed by atoms with van der Waals surface area (Å²) >= 11 is 0. The molecule has 5 nitrogen and oxygen atoms in total. The van der Waals surface area contributed by atoms with E-state index in [1.165, 1.54) is 0 Å². The number of aliphatic imine (C=N–C) groups is 1. The molecule has 1 atom stereocenters. The van der Waals surface area contributed by atoms with Gasteiger partial charge in [0, 0.05) is 11.8 Å². The van der Waals surface area contributed by atoms with E-state index in [1.807, 2.05) is 19.9 Å². The van der Waals surface area contributed by atoms with E-state index in [1.54, 1.807) is 26.4 Å². The molecule has 1 aromatic rings. The van der Waals surface area contributed by atoms with Gasteiger partial charge in [-0.1, -0.05) is 19.8 Å². The number of nitrogens with zero attached hydrogens (tertiary/aromatic N) is 1. The minimum absolute atomic E-state index is 0. The molecule has 0 saturated heterocycles. The van der Waals surface area contributed by atoms with Crippen LogP contribution in [-0.2, 0) is 0 Å². The molecular weight excluding hydrogens is 381 g/mol. The van der Waals surface area contributed by atoms with E-state index in [4.69, 9.17) is 21.6 Å². The van der Waals surface area contributed by atoms with E-state index in [0.29, 0.717) is 11.5 Å². The van der Waals surface area contributed by atoms with Gasteiger partial charge in [-0.05, 0) is 18.1 Å². The van der Waals surface area contributed by atoms with Crippen LogP contribution in [0.5, 0.6) is 11.5 Å². The minimum atomic E-state index is -0.248. The second-order valence-corrected chi connectivity index (χ2v) is 4.56. The third kappa shape index (κ3) is 5.71. The SMILES string of the molecule is C#CC(N=C(N)Nc1ccc(OC)c(OC)c1)C(C)C.I. The number of ether oxygens (including phenoxy) is 2. The fourth-order valence-electron chi connectivity index (χ4n) is 1.62. The molecule has 3 N–H and O–H groups in total. The number of guanidine groups is 1. The lowest BCUT2D eigenvalue weighted by atomic mass is 10.1. The van der Waals surface area contributed by atoms with Crippen LogP contribution >= 0.6 is 24.0 Å². The van der Waals surface area contributed by atoms with E-state index in [0.717, 1.165) is 5.69 Å². The summed E-state index contributed by atoms with van der Waals surface area (Å²) in [4.78, 5) is 4.26. The van der Waals surface area contributed by atoms with Crippen LogP contribution in [0.15, 0.2) is 23.2 Å². The van der Waals surface area contributed by atoms with Crippen molar-refractivity contribution in [1.29, 1.82) is 0 Å². The van der Waals surface area contributed by atoms with Crippen molar-refractivity contribution in [2.75, 3.05) is 19.5 Å². The van der Waals surface area contributed by atoms with E-state index in [2.05, 4.69) is 16.2 Å². The van der Waals surface area contributed by atoms with Crippen molar-refractivity contribution in [3.05, 3.63) is 18.2 Å². The Balaban J connectivity index is 0.00000400. The summed E-state index contributed by atoms with van der Waals surface area (Å²) in [5.74, 6) is 4.37. The highest BCUT2D eigenvalue weighted by atomic mass is 127. The smallest absolute Gasteiger partial charge is 0.194 e. The standard InChI is InChI=1S/C15H21N3O2.HI/c1-6-12(10(2)3)18-15(16)17-11-7-8-13(19-4)14(9-11)20-5;/h1,7-10,12H,2-5H3,(H3,16,17,18);1H. The van der Waals surface area contributed by atoms with E-state index < -0.39 is 0 Å². The number of hydrogen-bond acceptors (Lipinski definition) is 3. The normalized spacial score (nSPS) is 12.1. The van der Waals surface area contributed by atoms with Crippen LogP contribution in [0.4, 0.5) is 5.69 Å². The number of benzene rings is 1. The second-order valence-electron chi connectivity index (χ2n) is 4.56. The quantitative estimate of drug-likeness (QED) is 0.343. The third-order valence-electron chi connectivity index (χ3n) is 2.74. The molecule has 0 aliphatic heterocycles. The molecule has 1 rings (SSSR count). The maximum absolute atomic E-state index is 5.85. The molecule has 0 radical (unpaired) electrons. The van der Waals surface area contributed by atoms with Crippen molar-refractivity contribution in [1.82, 2.24) is 0 Å². The van der Waals surface area contributed by atoms with Crippen molar-refractivity contribution >= 4 is 35.6 Å². The molecule has 116 valence electrons. The van der Waals surface area contributed by atoms with Crippen molar-refractivity contribution in [3.63, 3.8) is 0 Å². The van der Waals surface area contributed by atoms with Crippen molar-refractivity contribution in [3.8, 4) is 23.8 Å². The Labute approximate surface area is 143 Å². The van der Waals surface area contributed by atoms with Crippen molar-refractivity contribution < 1.29 is 9.47 Å². The number of nitrogens with two attached hydrogens (primary N) is 1. The molecule has 1 aromatic carbocycles. The Hall–Kier alpha value is -1.62. The summed E-state index contributed by atoms with van der Waals surface area (Å²) < 4.78 is 10.4. The summed E-state index contributed by atoms with van der Waals surface area (Å²) in [6.45, 7) is 4.00. The molecular formula is C15H22IN3O2. The highest BCUT2D eigenvalue weighted by molar-refractivity contribution is 14.0. The molecule has 0 bridgehead atoms. The molecule has 0 amide bonds. The predicted molar refractivity (Wildman–Crippen MR) is 97.7 cm³/mol. The largest absolute Gasteiger partial charge is 0.493 e. The number of terminal acetylenes is 1. The Morgan fingerprint density at radius 3 is 2.38 bits per heavy atom. The fourth-order valence-corrected chi connectivity index (χ4v) is 1.62. The monoisotopic (exact) mass is 403 g/mol. The average Bonchev–Trinajstić information content (AvgIpc) is 2.44. The van der Waals surface area contributed by atoms with Crippen molar-refractivity contribution in [2.24, 2.45) is 16.6 Å². The number of anilines is 1. The molecule has 1 unspecified atom stereocenters. The van der Waals surface area contributed by atoms with Gasteiger partial charge in [0.15, 0.2) is 17.5 Å². The van der Waals surface area contributed by atoms with Crippen LogP contribution in [0.3, 0.4) is 0 Å². The summed E-state index contributed by atoms with van der Waals surface area (Å²) in [7, 11) is 3.16. The highest BCUT2D eigenvalue weighted by Crippen LogP contribution is 2.29. The third-order valence-corrected chi connectivity index (χ3v) is 2.74. The molecule has 0 heterocycles. The van der Waals surface area contributed by atoms with Crippen LogP contribution < -0.4 is 20.5 Å². The first-order chi connectivity index (χ1) is 9.51. The summed E-state index contributed by atoms with van der Waals surface area (Å²) in [5.41, 5.74) is 6.61. The van der Waals surface area contributed by atoms with Crippen LogP contribution in [0, 0.1) is 18.3 Å². The van der Waals surface area contributed by atoms with Gasteiger partial charge in [0.05, 0.1) is 14.2 Å². The van der Waals surface area contributed by atoms with Gasteiger partial charge in [0.2, 0.25) is 0 Å². The van der Waals surface area contributed by atoms with Crippen molar-refractivity contribution in [2.45, 2.75) is 19.9 Å². The predicted octanol–water partition coefficient (Wildman–Crippen LogP) is 2.71. The number of rotatable bonds is 5. The Morgan fingerprint density at radius 2 is 1.90 bits per heavy atom. The molecule has 21 heavy (non-hydrogen) atoms. The maximum atomic E-state index is 5.85. The zero-order valence-corrected chi connectivity index (χ0v) is 15.0. The van der Waals surface area contributed by atoms with E-state index in [9.17, 15) is 0 Å². The number of halogens is 1. The molecule has 0 fully saturated rings. The Bertz CT molecular complexity index is 524. The number of hydrogen-bond donors (Lipinski definition) is 2. The highest BCUT2D eigenvalue weighted by Gasteiger charge is 2.09. The molecule has 0 aromatic heterocycles. The lowest BCUT2D eigenvalue weighted by Crippen LogP contribution is -2.26. The topological polar surface area (TPSA) is 68.9 Å². The minimum Gasteiger partial charge on any atom is -0.493 e. The van der Waals surface area contributed by atoms with Gasteiger partial charge in [-0.2, -0.15) is 0 Å². The van der Waals surface area contributed by atoms with Crippen LogP contribution in [0.2, 0.25) is 0 Å². The molecule has 0 aliphatic rings. The van der Waals surface area contributed by atoms with Gasteiger partial charge in [-0.15, -0.1) is 30.4 Å². The zero-order chi connectivity index (χ0) is 15.1. The van der Waals surface area contributed by atoms with Crippen LogP contribution in [-0.4, -0.2) is 26.2 Å². The molecule has 0 saturated carbocycles. The van der Waals surface area contributed by atoms with E-state index in [-0.39, 0.29) is 41.9 Å². The lowest BCUT2D eigenvalue weighted by Gasteiger charge is -2.13. The summed E-state index contributed by atoms with van der Waals surface area (Å²) in [5, 5.41) is 2.98. The second kappa shape index (κ2) is 9.34. The zero-order valence-electron chi connectivity index (χ0n) is 12.7. The van der Waals surface area contributed by atoms with Gasteiger partial charge in [-0.3, -0.25) is 0 Å². The average molecular weight is 403 g/mol. The van der Waals surface area contributed by atoms with Gasteiger partial charge in [0.25, 0.3) is 0 Å². The van der Waals surface area contributed by atoms with E-state index >= 15 is 0 Å². The Kier molecular flexibility index (Phi) is 8.62. The Morgan fingerprint density at radius 1 is 1.29 bits per heavy atom. The molecule has 6 heteroatoms. The number of methoxy groups -OCH3 is 2.